The van der Waals surface area contributed by atoms with Crippen LogP contribution in [0.2, 0.25) is 0 Å². The molecule has 3 rings (SSSR count). The van der Waals surface area contributed by atoms with E-state index < -0.39 is 10.0 Å². The molecule has 0 unspecified atom stereocenters. The van der Waals surface area contributed by atoms with Crippen LogP contribution in [0.15, 0.2) is 62.7 Å². The molecule has 0 bridgehead atoms. The molecule has 2 N–H and O–H groups in total. The number of hydrogen-bond donors (Lipinski definition) is 2. The van der Waals surface area contributed by atoms with Crippen molar-refractivity contribution in [1.82, 2.24) is 4.98 Å². The van der Waals surface area contributed by atoms with Gasteiger partial charge in [-0.15, -0.1) is 0 Å². The van der Waals surface area contributed by atoms with Crippen molar-refractivity contribution in [2.75, 3.05) is 4.72 Å². The average molecular weight is 393 g/mol. The summed E-state index contributed by atoms with van der Waals surface area (Å²) in [6.07, 6.45) is 0. The SMILES string of the molecule is Cc1cc(=O)[nH]c2ccc(S(=O)(=O)Nc3ccc(Br)cc3)cc12. The maximum Gasteiger partial charge on any atom is 0.261 e. The van der Waals surface area contributed by atoms with Crippen molar-refractivity contribution in [3.05, 3.63) is 68.9 Å². The van der Waals surface area contributed by atoms with Crippen molar-refractivity contribution in [1.29, 1.82) is 0 Å². The largest absolute Gasteiger partial charge is 0.322 e. The van der Waals surface area contributed by atoms with Crippen LogP contribution in [-0.2, 0) is 10.0 Å². The molecule has 0 radical (unpaired) electrons. The van der Waals surface area contributed by atoms with Crippen LogP contribution in [0.1, 0.15) is 5.56 Å². The van der Waals surface area contributed by atoms with Gasteiger partial charge in [-0.05, 0) is 55.0 Å². The highest BCUT2D eigenvalue weighted by molar-refractivity contribution is 9.10. The second kappa shape index (κ2) is 5.82. The Kier molecular flexibility index (Phi) is 3.99. The zero-order valence-corrected chi connectivity index (χ0v) is 14.5. The summed E-state index contributed by atoms with van der Waals surface area (Å²) < 4.78 is 28.4. The van der Waals surface area contributed by atoms with Gasteiger partial charge in [0.15, 0.2) is 0 Å². The van der Waals surface area contributed by atoms with Crippen LogP contribution >= 0.6 is 15.9 Å². The highest BCUT2D eigenvalue weighted by atomic mass is 79.9. The lowest BCUT2D eigenvalue weighted by Crippen LogP contribution is -2.13. The number of halogens is 1. The van der Waals surface area contributed by atoms with Crippen LogP contribution in [0.5, 0.6) is 0 Å². The molecular formula is C16H13BrN2O3S. The molecule has 0 atom stereocenters. The quantitative estimate of drug-likeness (QED) is 0.716. The third-order valence-electron chi connectivity index (χ3n) is 3.43. The van der Waals surface area contributed by atoms with E-state index in [1.54, 1.807) is 43.3 Å². The Morgan fingerprint density at radius 2 is 1.74 bits per heavy atom. The van der Waals surface area contributed by atoms with Gasteiger partial charge in [-0.3, -0.25) is 9.52 Å². The van der Waals surface area contributed by atoms with Crippen LogP contribution in [0, 0.1) is 6.92 Å². The molecule has 0 saturated carbocycles. The van der Waals surface area contributed by atoms with Gasteiger partial charge in [-0.1, -0.05) is 15.9 Å². The molecule has 7 heteroatoms. The Labute approximate surface area is 141 Å². The molecule has 0 amide bonds. The first-order chi connectivity index (χ1) is 10.8. The summed E-state index contributed by atoms with van der Waals surface area (Å²) in [6.45, 7) is 1.77. The van der Waals surface area contributed by atoms with Gasteiger partial charge >= 0.3 is 0 Å². The summed E-state index contributed by atoms with van der Waals surface area (Å²) in [5.74, 6) is 0. The van der Waals surface area contributed by atoms with Gasteiger partial charge in [0.2, 0.25) is 5.56 Å². The van der Waals surface area contributed by atoms with Crippen molar-refractivity contribution in [3.8, 4) is 0 Å². The van der Waals surface area contributed by atoms with Crippen LogP contribution < -0.4 is 10.3 Å². The fourth-order valence-electron chi connectivity index (χ4n) is 2.30. The molecule has 5 nitrogen and oxygen atoms in total. The van der Waals surface area contributed by atoms with E-state index in [0.717, 1.165) is 10.0 Å². The van der Waals surface area contributed by atoms with Gasteiger partial charge in [0, 0.05) is 27.1 Å². The van der Waals surface area contributed by atoms with E-state index in [9.17, 15) is 13.2 Å². The van der Waals surface area contributed by atoms with Gasteiger partial charge in [0.25, 0.3) is 10.0 Å². The molecule has 2 aromatic carbocycles. The van der Waals surface area contributed by atoms with Crippen LogP contribution in [-0.4, -0.2) is 13.4 Å². The summed E-state index contributed by atoms with van der Waals surface area (Å²) in [4.78, 5) is 14.3. The number of aromatic nitrogens is 1. The summed E-state index contributed by atoms with van der Waals surface area (Å²) >= 11 is 3.30. The molecule has 118 valence electrons. The van der Waals surface area contributed by atoms with E-state index in [1.807, 2.05) is 0 Å². The lowest BCUT2D eigenvalue weighted by molar-refractivity contribution is 0.601. The molecule has 0 fully saturated rings. The minimum Gasteiger partial charge on any atom is -0.322 e. The first-order valence-electron chi connectivity index (χ1n) is 6.77. The molecule has 1 aromatic heterocycles. The molecule has 0 aliphatic heterocycles. The maximum atomic E-state index is 12.5. The number of anilines is 1. The molecular weight excluding hydrogens is 380 g/mol. The highest BCUT2D eigenvalue weighted by Crippen LogP contribution is 2.22. The number of benzene rings is 2. The lowest BCUT2D eigenvalue weighted by Gasteiger charge is -2.10. The number of pyridine rings is 1. The second-order valence-electron chi connectivity index (χ2n) is 5.14. The first kappa shape index (κ1) is 15.8. The Balaban J connectivity index is 2.04. The van der Waals surface area contributed by atoms with E-state index in [4.69, 9.17) is 0 Å². The number of aromatic amines is 1. The van der Waals surface area contributed by atoms with Crippen molar-refractivity contribution in [3.63, 3.8) is 0 Å². The Hall–Kier alpha value is -2.12. The molecule has 0 spiro atoms. The topological polar surface area (TPSA) is 79.0 Å². The van der Waals surface area contributed by atoms with E-state index in [-0.39, 0.29) is 10.5 Å². The van der Waals surface area contributed by atoms with Crippen LogP contribution in [0.25, 0.3) is 10.9 Å². The maximum absolute atomic E-state index is 12.5. The van der Waals surface area contributed by atoms with E-state index in [2.05, 4.69) is 25.6 Å². The van der Waals surface area contributed by atoms with Crippen molar-refractivity contribution in [2.24, 2.45) is 0 Å². The fourth-order valence-corrected chi connectivity index (χ4v) is 3.65. The lowest BCUT2D eigenvalue weighted by atomic mass is 10.1. The minimum absolute atomic E-state index is 0.142. The molecule has 3 aromatic rings. The van der Waals surface area contributed by atoms with Gasteiger partial charge in [-0.25, -0.2) is 8.42 Å². The van der Waals surface area contributed by atoms with Crippen LogP contribution in [0.3, 0.4) is 0 Å². The van der Waals surface area contributed by atoms with Crippen molar-refractivity contribution < 1.29 is 8.42 Å². The van der Waals surface area contributed by atoms with E-state index >= 15 is 0 Å². The summed E-state index contributed by atoms with van der Waals surface area (Å²) in [5, 5.41) is 0.697. The summed E-state index contributed by atoms with van der Waals surface area (Å²) in [7, 11) is -3.70. The number of nitrogens with one attached hydrogen (secondary N) is 2. The Bertz CT molecular complexity index is 1040. The van der Waals surface area contributed by atoms with E-state index in [1.165, 1.54) is 12.1 Å². The van der Waals surface area contributed by atoms with E-state index in [0.29, 0.717) is 16.6 Å². The smallest absolute Gasteiger partial charge is 0.261 e. The van der Waals surface area contributed by atoms with Gasteiger partial charge in [-0.2, -0.15) is 0 Å². The number of H-pyrrole nitrogens is 1. The molecule has 1 heterocycles. The molecule has 0 saturated heterocycles. The molecule has 0 aliphatic rings. The molecule has 23 heavy (non-hydrogen) atoms. The summed E-state index contributed by atoms with van der Waals surface area (Å²) in [5.41, 5.74) is 1.60. The zero-order valence-electron chi connectivity index (χ0n) is 12.1. The third kappa shape index (κ3) is 3.30. The average Bonchev–Trinajstić information content (AvgIpc) is 2.49. The van der Waals surface area contributed by atoms with Gasteiger partial charge < -0.3 is 4.98 Å². The standard InChI is InChI=1S/C16H13BrN2O3S/c1-10-8-16(20)18-15-7-6-13(9-14(10)15)23(21,22)19-12-4-2-11(17)3-5-12/h2-9,19H,1H3,(H,18,20). The molecule has 0 aliphatic carbocycles. The van der Waals surface area contributed by atoms with Gasteiger partial charge in [0.05, 0.1) is 4.90 Å². The number of aryl methyl sites for hydroxylation is 1. The number of hydrogen-bond acceptors (Lipinski definition) is 3. The minimum atomic E-state index is -3.70. The highest BCUT2D eigenvalue weighted by Gasteiger charge is 2.15. The first-order valence-corrected chi connectivity index (χ1v) is 9.05. The third-order valence-corrected chi connectivity index (χ3v) is 5.34. The normalized spacial score (nSPS) is 11.6. The fraction of sp³-hybridized carbons (Fsp3) is 0.0625. The number of fused-ring (bicyclic) bond motifs is 1. The Morgan fingerprint density at radius 3 is 2.43 bits per heavy atom. The van der Waals surface area contributed by atoms with Crippen LogP contribution in [0.4, 0.5) is 5.69 Å². The summed E-state index contributed by atoms with van der Waals surface area (Å²) in [6, 6.07) is 12.9. The zero-order chi connectivity index (χ0) is 16.6. The second-order valence-corrected chi connectivity index (χ2v) is 7.73. The number of sulfonamides is 1. The van der Waals surface area contributed by atoms with Gasteiger partial charge in [0.1, 0.15) is 0 Å². The monoisotopic (exact) mass is 392 g/mol. The Morgan fingerprint density at radius 1 is 1.04 bits per heavy atom. The predicted octanol–water partition coefficient (Wildman–Crippen LogP) is 3.40. The number of rotatable bonds is 3. The predicted molar refractivity (Wildman–Crippen MR) is 94.3 cm³/mol. The van der Waals surface area contributed by atoms with Crippen molar-refractivity contribution in [2.45, 2.75) is 11.8 Å². The van der Waals surface area contributed by atoms with Crippen molar-refractivity contribution >= 4 is 42.5 Å².